The Kier molecular flexibility index (Phi) is 7.35. The summed E-state index contributed by atoms with van der Waals surface area (Å²) in [6, 6.07) is 13.7. The summed E-state index contributed by atoms with van der Waals surface area (Å²) in [5, 5.41) is 12.0. The quantitative estimate of drug-likeness (QED) is 0.338. The lowest BCUT2D eigenvalue weighted by atomic mass is 10.0. The third-order valence-corrected chi connectivity index (χ3v) is 5.83. The van der Waals surface area contributed by atoms with E-state index in [2.05, 4.69) is 21.9 Å². The Morgan fingerprint density at radius 3 is 2.83 bits per heavy atom. The summed E-state index contributed by atoms with van der Waals surface area (Å²) in [6.07, 6.45) is 4.25. The van der Waals surface area contributed by atoms with E-state index in [9.17, 15) is 9.18 Å². The Hall–Kier alpha value is -4.27. The van der Waals surface area contributed by atoms with E-state index in [0.717, 1.165) is 18.4 Å². The van der Waals surface area contributed by atoms with Crippen molar-refractivity contribution < 1.29 is 13.9 Å². The zero-order valence-electron chi connectivity index (χ0n) is 19.2. The van der Waals surface area contributed by atoms with Crippen LogP contribution >= 0.6 is 0 Å². The molecular formula is C26H27FN6O2. The molecule has 4 rings (SSSR count). The van der Waals surface area contributed by atoms with Gasteiger partial charge in [-0.2, -0.15) is 0 Å². The first-order chi connectivity index (χ1) is 17.0. The van der Waals surface area contributed by atoms with Gasteiger partial charge in [0, 0.05) is 24.7 Å². The van der Waals surface area contributed by atoms with Gasteiger partial charge in [0.1, 0.15) is 24.6 Å². The minimum Gasteiger partial charge on any atom is -0.486 e. The van der Waals surface area contributed by atoms with E-state index in [0.29, 0.717) is 24.5 Å². The molecule has 9 heteroatoms. The Balaban J connectivity index is 1.52. The molecule has 1 saturated heterocycles. The average Bonchev–Trinajstić information content (AvgIpc) is 2.88. The number of carbonyl (C=O) groups excluding carboxylic acids is 1. The van der Waals surface area contributed by atoms with Crippen LogP contribution < -0.4 is 15.8 Å². The molecule has 1 atom stereocenters. The fourth-order valence-electron chi connectivity index (χ4n) is 4.03. The van der Waals surface area contributed by atoms with Crippen LogP contribution in [0.5, 0.6) is 5.75 Å². The van der Waals surface area contributed by atoms with E-state index in [-0.39, 0.29) is 41.4 Å². The van der Waals surface area contributed by atoms with Gasteiger partial charge in [-0.25, -0.2) is 14.4 Å². The summed E-state index contributed by atoms with van der Waals surface area (Å²) >= 11 is 0. The maximum Gasteiger partial charge on any atom is 0.246 e. The number of likely N-dealkylation sites (tertiary alicyclic amines) is 1. The Bertz CT molecular complexity index is 1230. The summed E-state index contributed by atoms with van der Waals surface area (Å²) < 4.78 is 20.4. The number of anilines is 2. The minimum absolute atomic E-state index is 0.0195. The second-order valence-electron chi connectivity index (χ2n) is 8.25. The highest BCUT2D eigenvalue weighted by molar-refractivity contribution is 6.16. The van der Waals surface area contributed by atoms with Gasteiger partial charge < -0.3 is 20.7 Å². The van der Waals surface area contributed by atoms with E-state index in [1.165, 1.54) is 24.5 Å². The molecule has 0 aliphatic carbocycles. The van der Waals surface area contributed by atoms with E-state index in [1.807, 2.05) is 30.3 Å². The molecule has 1 aromatic heterocycles. The van der Waals surface area contributed by atoms with Crippen molar-refractivity contribution >= 4 is 23.3 Å². The maximum atomic E-state index is 14.8. The number of amides is 1. The minimum atomic E-state index is -0.584. The molecule has 2 heterocycles. The van der Waals surface area contributed by atoms with Gasteiger partial charge in [0.25, 0.3) is 0 Å². The molecule has 0 spiro atoms. The largest absolute Gasteiger partial charge is 0.486 e. The van der Waals surface area contributed by atoms with Crippen LogP contribution in [0.15, 0.2) is 67.5 Å². The number of nitrogens with two attached hydrogens (primary N) is 1. The fraction of sp³-hybridized carbons (Fsp3) is 0.231. The molecule has 2 aromatic carbocycles. The molecule has 1 aliphatic heterocycles. The second kappa shape index (κ2) is 10.8. The Morgan fingerprint density at radius 2 is 2.09 bits per heavy atom. The third-order valence-electron chi connectivity index (χ3n) is 5.83. The first-order valence-corrected chi connectivity index (χ1v) is 11.3. The highest BCUT2D eigenvalue weighted by Gasteiger charge is 2.25. The standard InChI is InChI=1S/C26H27FN6O2/c1-2-22(34)33-12-6-9-19(14-33)32-26-23(25(29)30-16-31-26)24(28)18-10-11-21(20(27)13-18)35-15-17-7-4-3-5-8-17/h2-5,7-8,10-11,13,16,19,28H,1,6,9,12,14-15H2,(H3,29,30,31,32). The van der Waals surface area contributed by atoms with Crippen molar-refractivity contribution in [3.63, 3.8) is 0 Å². The maximum absolute atomic E-state index is 14.8. The van der Waals surface area contributed by atoms with Crippen LogP contribution in [0, 0.1) is 11.2 Å². The van der Waals surface area contributed by atoms with Crippen molar-refractivity contribution in [3.8, 4) is 5.75 Å². The summed E-state index contributed by atoms with van der Waals surface area (Å²) in [6.45, 7) is 4.92. The number of ether oxygens (including phenoxy) is 1. The highest BCUT2D eigenvalue weighted by atomic mass is 19.1. The first-order valence-electron chi connectivity index (χ1n) is 11.3. The summed E-state index contributed by atoms with van der Waals surface area (Å²) in [5.41, 5.74) is 7.60. The molecule has 1 unspecified atom stereocenters. The molecule has 1 aliphatic rings. The molecular weight excluding hydrogens is 447 g/mol. The van der Waals surface area contributed by atoms with Crippen LogP contribution in [0.3, 0.4) is 0 Å². The van der Waals surface area contributed by atoms with E-state index in [1.54, 1.807) is 11.0 Å². The number of carbonyl (C=O) groups is 1. The van der Waals surface area contributed by atoms with Gasteiger partial charge in [-0.1, -0.05) is 36.9 Å². The number of aromatic nitrogens is 2. The molecule has 0 radical (unpaired) electrons. The van der Waals surface area contributed by atoms with Crippen molar-refractivity contribution in [2.75, 3.05) is 24.1 Å². The normalized spacial score (nSPS) is 15.3. The molecule has 3 aromatic rings. The number of hydrogen-bond donors (Lipinski definition) is 3. The van der Waals surface area contributed by atoms with Crippen LogP contribution in [-0.4, -0.2) is 45.6 Å². The van der Waals surface area contributed by atoms with Crippen LogP contribution in [0.25, 0.3) is 0 Å². The fourth-order valence-corrected chi connectivity index (χ4v) is 4.03. The van der Waals surface area contributed by atoms with Gasteiger partial charge in [0.2, 0.25) is 5.91 Å². The second-order valence-corrected chi connectivity index (χ2v) is 8.25. The number of hydrogen-bond acceptors (Lipinski definition) is 7. The molecule has 4 N–H and O–H groups in total. The van der Waals surface area contributed by atoms with Crippen molar-refractivity contribution in [2.45, 2.75) is 25.5 Å². The smallest absolute Gasteiger partial charge is 0.246 e. The molecule has 1 amide bonds. The lowest BCUT2D eigenvalue weighted by molar-refractivity contribution is -0.127. The van der Waals surface area contributed by atoms with Crippen LogP contribution in [0.4, 0.5) is 16.0 Å². The summed E-state index contributed by atoms with van der Waals surface area (Å²) in [7, 11) is 0. The predicted octanol–water partition coefficient (Wildman–Crippen LogP) is 3.78. The number of rotatable bonds is 8. The first kappa shape index (κ1) is 23.9. The number of halogens is 1. The molecule has 1 fully saturated rings. The van der Waals surface area contributed by atoms with Gasteiger partial charge in [-0.15, -0.1) is 0 Å². The SMILES string of the molecule is C=CC(=O)N1CCCC(Nc2ncnc(N)c2C(=N)c2ccc(OCc3ccccc3)c(F)c2)C1. The zero-order chi connectivity index (χ0) is 24.8. The lowest BCUT2D eigenvalue weighted by Crippen LogP contribution is -2.44. The topological polar surface area (TPSA) is 117 Å². The van der Waals surface area contributed by atoms with Gasteiger partial charge in [0.15, 0.2) is 11.6 Å². The average molecular weight is 475 g/mol. The summed E-state index contributed by atoms with van der Waals surface area (Å²) in [5.74, 6) is -0.150. The van der Waals surface area contributed by atoms with Gasteiger partial charge in [0.05, 0.1) is 11.3 Å². The number of piperidine rings is 1. The zero-order valence-corrected chi connectivity index (χ0v) is 19.2. The van der Waals surface area contributed by atoms with E-state index in [4.69, 9.17) is 15.9 Å². The van der Waals surface area contributed by atoms with E-state index >= 15 is 0 Å². The van der Waals surface area contributed by atoms with Crippen LogP contribution in [-0.2, 0) is 11.4 Å². The van der Waals surface area contributed by atoms with Crippen molar-refractivity contribution in [2.24, 2.45) is 0 Å². The highest BCUT2D eigenvalue weighted by Crippen LogP contribution is 2.26. The third kappa shape index (κ3) is 5.63. The van der Waals surface area contributed by atoms with Gasteiger partial charge in [-0.3, -0.25) is 10.2 Å². The van der Waals surface area contributed by atoms with Crippen molar-refractivity contribution in [3.05, 3.63) is 90.0 Å². The number of nitrogen functional groups attached to an aromatic ring is 1. The monoisotopic (exact) mass is 474 g/mol. The molecule has 35 heavy (non-hydrogen) atoms. The molecule has 8 nitrogen and oxygen atoms in total. The predicted molar refractivity (Wildman–Crippen MR) is 133 cm³/mol. The van der Waals surface area contributed by atoms with E-state index < -0.39 is 5.82 Å². The molecule has 0 bridgehead atoms. The molecule has 0 saturated carbocycles. The lowest BCUT2D eigenvalue weighted by Gasteiger charge is -2.33. The van der Waals surface area contributed by atoms with Crippen molar-refractivity contribution in [1.29, 1.82) is 5.41 Å². The Labute approximate surface area is 203 Å². The Morgan fingerprint density at radius 1 is 1.29 bits per heavy atom. The van der Waals surface area contributed by atoms with Gasteiger partial charge in [-0.05, 0) is 42.7 Å². The van der Waals surface area contributed by atoms with Crippen LogP contribution in [0.2, 0.25) is 0 Å². The number of nitrogens with zero attached hydrogens (tertiary/aromatic N) is 3. The number of benzene rings is 2. The van der Waals surface area contributed by atoms with Crippen molar-refractivity contribution in [1.82, 2.24) is 14.9 Å². The van der Waals surface area contributed by atoms with Gasteiger partial charge >= 0.3 is 0 Å². The summed E-state index contributed by atoms with van der Waals surface area (Å²) in [4.78, 5) is 22.1. The molecule has 180 valence electrons. The number of nitrogens with one attached hydrogen (secondary N) is 2. The van der Waals surface area contributed by atoms with Crippen LogP contribution in [0.1, 0.15) is 29.5 Å².